The van der Waals surface area contributed by atoms with Gasteiger partial charge in [0.2, 0.25) is 11.8 Å². The van der Waals surface area contributed by atoms with Gasteiger partial charge in [-0.1, -0.05) is 66.2 Å². The molecular formula is C34H37N3O5S. The van der Waals surface area contributed by atoms with Crippen LogP contribution in [-0.2, 0) is 26.2 Å². The zero-order valence-corrected chi connectivity index (χ0v) is 25.6. The van der Waals surface area contributed by atoms with Gasteiger partial charge in [-0.2, -0.15) is 0 Å². The maximum atomic E-state index is 14.0. The van der Waals surface area contributed by atoms with E-state index in [0.29, 0.717) is 11.5 Å². The summed E-state index contributed by atoms with van der Waals surface area (Å²) in [5, 5.41) is 2.86. The number of benzene rings is 4. The number of para-hydroxylation sites is 1. The number of carbonyl (C=O) groups excluding carboxylic acids is 2. The van der Waals surface area contributed by atoms with Crippen LogP contribution < -0.4 is 14.4 Å². The van der Waals surface area contributed by atoms with Gasteiger partial charge in [0.1, 0.15) is 24.1 Å². The van der Waals surface area contributed by atoms with Crippen LogP contribution in [0.15, 0.2) is 114 Å². The predicted molar refractivity (Wildman–Crippen MR) is 168 cm³/mol. The highest BCUT2D eigenvalue weighted by atomic mass is 32.2. The lowest BCUT2D eigenvalue weighted by molar-refractivity contribution is -0.139. The third kappa shape index (κ3) is 8.23. The van der Waals surface area contributed by atoms with Crippen LogP contribution in [0, 0.1) is 6.92 Å². The molecule has 4 aromatic carbocycles. The van der Waals surface area contributed by atoms with Crippen LogP contribution >= 0.6 is 0 Å². The summed E-state index contributed by atoms with van der Waals surface area (Å²) in [5.74, 6) is 0.310. The van der Waals surface area contributed by atoms with E-state index in [1.54, 1.807) is 49.4 Å². The molecule has 4 rings (SSSR count). The number of nitrogens with one attached hydrogen (secondary N) is 1. The minimum absolute atomic E-state index is 0.0445. The number of carbonyl (C=O) groups is 2. The normalized spacial score (nSPS) is 11.9. The van der Waals surface area contributed by atoms with Gasteiger partial charge >= 0.3 is 0 Å². The number of nitrogens with zero attached hydrogens (tertiary/aromatic N) is 2. The summed E-state index contributed by atoms with van der Waals surface area (Å²) in [4.78, 5) is 28.5. The molecule has 43 heavy (non-hydrogen) atoms. The molecule has 8 nitrogen and oxygen atoms in total. The van der Waals surface area contributed by atoms with Crippen molar-refractivity contribution in [3.63, 3.8) is 0 Å². The zero-order valence-electron chi connectivity index (χ0n) is 24.8. The van der Waals surface area contributed by atoms with Crippen molar-refractivity contribution >= 4 is 27.5 Å². The molecule has 224 valence electrons. The van der Waals surface area contributed by atoms with E-state index >= 15 is 0 Å². The Kier molecular flexibility index (Phi) is 10.2. The van der Waals surface area contributed by atoms with Crippen molar-refractivity contribution in [1.82, 2.24) is 10.2 Å². The fourth-order valence-electron chi connectivity index (χ4n) is 4.43. The number of rotatable bonds is 12. The van der Waals surface area contributed by atoms with Gasteiger partial charge in [-0.05, 0) is 81.8 Å². The molecule has 9 heteroatoms. The van der Waals surface area contributed by atoms with Crippen LogP contribution in [0.3, 0.4) is 0 Å². The Bertz CT molecular complexity index is 1610. The number of ether oxygens (including phenoxy) is 1. The fraction of sp³-hybridized carbons (Fsp3) is 0.235. The molecule has 0 aliphatic heterocycles. The molecule has 0 saturated heterocycles. The average molecular weight is 600 g/mol. The molecular weight excluding hydrogens is 562 g/mol. The number of hydrogen-bond donors (Lipinski definition) is 1. The van der Waals surface area contributed by atoms with Crippen LogP contribution in [0.25, 0.3) is 0 Å². The molecule has 0 heterocycles. The molecule has 1 N–H and O–H groups in total. The quantitative estimate of drug-likeness (QED) is 0.218. The predicted octanol–water partition coefficient (Wildman–Crippen LogP) is 5.92. The minimum atomic E-state index is -4.15. The number of aryl methyl sites for hydroxylation is 1. The lowest BCUT2D eigenvalue weighted by atomic mass is 10.1. The Morgan fingerprint density at radius 3 is 1.91 bits per heavy atom. The molecule has 0 unspecified atom stereocenters. The van der Waals surface area contributed by atoms with Gasteiger partial charge in [0, 0.05) is 12.6 Å². The second-order valence-electron chi connectivity index (χ2n) is 10.6. The van der Waals surface area contributed by atoms with Crippen LogP contribution in [0.2, 0.25) is 0 Å². The third-order valence-corrected chi connectivity index (χ3v) is 8.57. The standard InChI is InChI=1S/C34H37N3O5S/c1-25(2)35-34(39)27(4)36(23-28-17-15-26(3)16-18-28)33(38)24-37(43(40,41)32-13-9-6-10-14-32)29-19-21-31(22-20-29)42-30-11-7-5-8-12-30/h5-22,25,27H,23-24H2,1-4H3,(H,35,39)/t27-/m1/s1. The summed E-state index contributed by atoms with van der Waals surface area (Å²) in [6.07, 6.45) is 0. The van der Waals surface area contributed by atoms with Gasteiger partial charge in [0.25, 0.3) is 10.0 Å². The Balaban J connectivity index is 1.69. The molecule has 0 bridgehead atoms. The van der Waals surface area contributed by atoms with E-state index in [4.69, 9.17) is 4.74 Å². The van der Waals surface area contributed by atoms with Crippen LogP contribution in [0.4, 0.5) is 5.69 Å². The van der Waals surface area contributed by atoms with E-state index in [2.05, 4.69) is 5.32 Å². The average Bonchev–Trinajstić information content (AvgIpc) is 3.00. The lowest BCUT2D eigenvalue weighted by Crippen LogP contribution is -2.52. The third-order valence-electron chi connectivity index (χ3n) is 6.79. The van der Waals surface area contributed by atoms with Crippen molar-refractivity contribution in [2.75, 3.05) is 10.8 Å². The second kappa shape index (κ2) is 14.0. The molecule has 0 aliphatic rings. The van der Waals surface area contributed by atoms with Crippen molar-refractivity contribution < 1.29 is 22.7 Å². The van der Waals surface area contributed by atoms with E-state index in [0.717, 1.165) is 15.4 Å². The van der Waals surface area contributed by atoms with Crippen molar-refractivity contribution in [2.24, 2.45) is 0 Å². The molecule has 0 aliphatic carbocycles. The van der Waals surface area contributed by atoms with Crippen LogP contribution in [-0.4, -0.2) is 43.8 Å². The first-order valence-corrected chi connectivity index (χ1v) is 15.5. The van der Waals surface area contributed by atoms with Crippen molar-refractivity contribution in [3.8, 4) is 11.5 Å². The van der Waals surface area contributed by atoms with E-state index in [-0.39, 0.29) is 29.1 Å². The number of hydrogen-bond acceptors (Lipinski definition) is 5. The second-order valence-corrected chi connectivity index (χ2v) is 12.4. The van der Waals surface area contributed by atoms with E-state index < -0.39 is 28.5 Å². The molecule has 0 saturated carbocycles. The summed E-state index contributed by atoms with van der Waals surface area (Å²) in [5.41, 5.74) is 2.17. The molecule has 0 spiro atoms. The molecule has 1 atom stereocenters. The SMILES string of the molecule is Cc1ccc(CN(C(=O)CN(c2ccc(Oc3ccccc3)cc2)S(=O)(=O)c2ccccc2)[C@H](C)C(=O)NC(C)C)cc1. The monoisotopic (exact) mass is 599 g/mol. The summed E-state index contributed by atoms with van der Waals surface area (Å²) >= 11 is 0. The minimum Gasteiger partial charge on any atom is -0.457 e. The van der Waals surface area contributed by atoms with Gasteiger partial charge in [-0.25, -0.2) is 8.42 Å². The van der Waals surface area contributed by atoms with Gasteiger partial charge in [-0.3, -0.25) is 13.9 Å². The van der Waals surface area contributed by atoms with Gasteiger partial charge in [0.05, 0.1) is 10.6 Å². The summed E-state index contributed by atoms with van der Waals surface area (Å²) < 4.78 is 34.9. The summed E-state index contributed by atoms with van der Waals surface area (Å²) in [7, 11) is -4.15. The van der Waals surface area contributed by atoms with Crippen molar-refractivity contribution in [1.29, 1.82) is 0 Å². The number of sulfonamides is 1. The molecule has 0 fully saturated rings. The zero-order chi connectivity index (χ0) is 31.0. The Hall–Kier alpha value is -4.63. The first-order valence-electron chi connectivity index (χ1n) is 14.1. The van der Waals surface area contributed by atoms with Gasteiger partial charge < -0.3 is 15.0 Å². The highest BCUT2D eigenvalue weighted by Crippen LogP contribution is 2.28. The topological polar surface area (TPSA) is 96.0 Å². The maximum Gasteiger partial charge on any atom is 0.264 e. The molecule has 0 aromatic heterocycles. The van der Waals surface area contributed by atoms with Crippen molar-refractivity contribution in [3.05, 3.63) is 120 Å². The van der Waals surface area contributed by atoms with E-state index in [9.17, 15) is 18.0 Å². The largest absolute Gasteiger partial charge is 0.457 e. The Morgan fingerprint density at radius 2 is 1.33 bits per heavy atom. The Morgan fingerprint density at radius 1 is 0.767 bits per heavy atom. The van der Waals surface area contributed by atoms with Crippen LogP contribution in [0.1, 0.15) is 31.9 Å². The smallest absolute Gasteiger partial charge is 0.264 e. The summed E-state index contributed by atoms with van der Waals surface area (Å²) in [6, 6.07) is 30.4. The molecule has 0 radical (unpaired) electrons. The number of amides is 2. The highest BCUT2D eigenvalue weighted by molar-refractivity contribution is 7.92. The van der Waals surface area contributed by atoms with Crippen LogP contribution in [0.5, 0.6) is 11.5 Å². The van der Waals surface area contributed by atoms with E-state index in [1.165, 1.54) is 17.0 Å². The lowest BCUT2D eigenvalue weighted by Gasteiger charge is -2.32. The molecule has 4 aromatic rings. The first-order chi connectivity index (χ1) is 20.5. The molecule has 2 amide bonds. The van der Waals surface area contributed by atoms with Gasteiger partial charge in [0.15, 0.2) is 0 Å². The van der Waals surface area contributed by atoms with Gasteiger partial charge in [-0.15, -0.1) is 0 Å². The van der Waals surface area contributed by atoms with Crippen molar-refractivity contribution in [2.45, 2.75) is 51.2 Å². The highest BCUT2D eigenvalue weighted by Gasteiger charge is 2.32. The summed E-state index contributed by atoms with van der Waals surface area (Å²) in [6.45, 7) is 6.92. The Labute approximate surface area is 254 Å². The number of anilines is 1. The fourth-order valence-corrected chi connectivity index (χ4v) is 5.87. The van der Waals surface area contributed by atoms with E-state index in [1.807, 2.05) is 75.4 Å². The maximum absolute atomic E-state index is 14.0. The first kappa shape index (κ1) is 31.3.